The van der Waals surface area contributed by atoms with Crippen LogP contribution in [0.1, 0.15) is 24.3 Å². The Balaban J connectivity index is 1.69. The van der Waals surface area contributed by atoms with Gasteiger partial charge < -0.3 is 9.88 Å². The van der Waals surface area contributed by atoms with Crippen molar-refractivity contribution in [3.63, 3.8) is 0 Å². The van der Waals surface area contributed by atoms with E-state index in [0.717, 1.165) is 22.7 Å². The Morgan fingerprint density at radius 3 is 2.80 bits per heavy atom. The van der Waals surface area contributed by atoms with E-state index in [1.54, 1.807) is 11.1 Å². The highest BCUT2D eigenvalue weighted by molar-refractivity contribution is 5.97. The number of carbonyl (C=O) groups excluding carboxylic acids is 1. The van der Waals surface area contributed by atoms with Crippen molar-refractivity contribution in [1.29, 1.82) is 0 Å². The van der Waals surface area contributed by atoms with Gasteiger partial charge >= 0.3 is 6.03 Å². The number of urea groups is 1. The summed E-state index contributed by atoms with van der Waals surface area (Å²) in [4.78, 5) is 23.1. The molecule has 6 heteroatoms. The van der Waals surface area contributed by atoms with Gasteiger partial charge in [-0.25, -0.2) is 14.8 Å². The number of aromatic nitrogens is 3. The van der Waals surface area contributed by atoms with Crippen LogP contribution in [0.5, 0.6) is 0 Å². The predicted molar refractivity (Wildman–Crippen MR) is 96.7 cm³/mol. The maximum Gasteiger partial charge on any atom is 0.321 e. The van der Waals surface area contributed by atoms with E-state index in [1.807, 2.05) is 29.9 Å². The number of nitrogens with one attached hydrogen (secondary N) is 1. The van der Waals surface area contributed by atoms with E-state index in [2.05, 4.69) is 22.4 Å². The third-order valence-electron chi connectivity index (χ3n) is 5.06. The second-order valence-electron chi connectivity index (χ2n) is 6.82. The lowest BCUT2D eigenvalue weighted by Crippen LogP contribution is -2.27. The third kappa shape index (κ3) is 2.36. The summed E-state index contributed by atoms with van der Waals surface area (Å²) in [6.07, 6.45) is 6.19. The van der Waals surface area contributed by atoms with Gasteiger partial charge in [-0.1, -0.05) is 6.07 Å². The van der Waals surface area contributed by atoms with E-state index in [-0.39, 0.29) is 6.03 Å². The van der Waals surface area contributed by atoms with Crippen LogP contribution >= 0.6 is 0 Å². The zero-order chi connectivity index (χ0) is 17.0. The number of carbonyl (C=O) groups is 1. The molecule has 25 heavy (non-hydrogen) atoms. The topological polar surface area (TPSA) is 63.1 Å². The number of anilines is 1. The van der Waals surface area contributed by atoms with Crippen molar-refractivity contribution in [2.75, 3.05) is 18.0 Å². The molecule has 1 N–H and O–H groups in total. The van der Waals surface area contributed by atoms with Crippen LogP contribution in [0.4, 0.5) is 10.5 Å². The third-order valence-corrected chi connectivity index (χ3v) is 5.06. The predicted octanol–water partition coefficient (Wildman–Crippen LogP) is 3.04. The van der Waals surface area contributed by atoms with Gasteiger partial charge in [-0.05, 0) is 42.5 Å². The quantitative estimate of drug-likeness (QED) is 0.801. The van der Waals surface area contributed by atoms with E-state index < -0.39 is 0 Å². The Bertz CT molecular complexity index is 989. The van der Waals surface area contributed by atoms with Crippen molar-refractivity contribution >= 4 is 22.6 Å². The summed E-state index contributed by atoms with van der Waals surface area (Å²) in [6.45, 7) is 1.38. The normalized spacial score (nSPS) is 17.3. The Hall–Kier alpha value is -2.89. The molecule has 126 valence electrons. The van der Waals surface area contributed by atoms with E-state index in [4.69, 9.17) is 4.98 Å². The first-order valence-electron chi connectivity index (χ1n) is 8.68. The smallest absolute Gasteiger partial charge is 0.321 e. The maximum absolute atomic E-state index is 12.0. The summed E-state index contributed by atoms with van der Waals surface area (Å²) in [5, 5.41) is 4.03. The van der Waals surface area contributed by atoms with Gasteiger partial charge in [0.05, 0.1) is 5.52 Å². The number of pyridine rings is 1. The lowest BCUT2D eigenvalue weighted by molar-refractivity contribution is 0.252. The Kier molecular flexibility index (Phi) is 3.07. The molecule has 0 radical (unpaired) electrons. The summed E-state index contributed by atoms with van der Waals surface area (Å²) in [6, 6.07) is 8.31. The lowest BCUT2D eigenvalue weighted by Gasteiger charge is -2.16. The molecular formula is C19H19N5O. The van der Waals surface area contributed by atoms with Crippen molar-refractivity contribution in [3.8, 4) is 11.5 Å². The van der Waals surface area contributed by atoms with E-state index in [0.29, 0.717) is 19.0 Å². The zero-order valence-corrected chi connectivity index (χ0v) is 14.1. The fraction of sp³-hybridized carbons (Fsp3) is 0.316. The number of hydrogen-bond acceptors (Lipinski definition) is 3. The number of aryl methyl sites for hydroxylation is 1. The first-order chi connectivity index (χ1) is 12.2. The maximum atomic E-state index is 12.0. The number of imidazole rings is 1. The standard InChI is InChI=1S/C19H19N5O/c1-23-8-6-20-18(23)17-11-15(12-2-3-12)14-5-4-13(10-16(14)22-17)24-9-7-21-19(24)25/h4-6,8,10-12H,2-3,7,9H2,1H3,(H,21,25). The number of amides is 2. The van der Waals surface area contributed by atoms with Crippen LogP contribution in [-0.2, 0) is 7.05 Å². The molecule has 1 aromatic carbocycles. The van der Waals surface area contributed by atoms with Crippen molar-refractivity contribution in [2.24, 2.45) is 7.05 Å². The molecule has 0 spiro atoms. The molecule has 0 bridgehead atoms. The summed E-state index contributed by atoms with van der Waals surface area (Å²) < 4.78 is 1.99. The van der Waals surface area contributed by atoms with Crippen LogP contribution in [0.2, 0.25) is 0 Å². The number of fused-ring (bicyclic) bond motifs is 1. The van der Waals surface area contributed by atoms with Gasteiger partial charge in [-0.3, -0.25) is 4.90 Å². The SMILES string of the molecule is Cn1ccnc1-c1cc(C2CC2)c2ccc(N3CCNC3=O)cc2n1. The molecule has 2 aromatic heterocycles. The molecular weight excluding hydrogens is 314 g/mol. The minimum Gasteiger partial charge on any atom is -0.336 e. The molecule has 5 rings (SSSR count). The molecule has 2 fully saturated rings. The van der Waals surface area contributed by atoms with Crippen molar-refractivity contribution < 1.29 is 4.79 Å². The second kappa shape index (κ2) is 5.31. The molecule has 1 aliphatic heterocycles. The Morgan fingerprint density at radius 2 is 2.12 bits per heavy atom. The molecule has 1 aliphatic carbocycles. The average molecular weight is 333 g/mol. The number of nitrogens with zero attached hydrogens (tertiary/aromatic N) is 4. The van der Waals surface area contributed by atoms with Gasteiger partial charge in [0.25, 0.3) is 0 Å². The number of rotatable bonds is 3. The summed E-state index contributed by atoms with van der Waals surface area (Å²) in [5.41, 5.74) is 4.07. The van der Waals surface area contributed by atoms with Gasteiger partial charge in [0.1, 0.15) is 5.69 Å². The highest BCUT2D eigenvalue weighted by Crippen LogP contribution is 2.44. The van der Waals surface area contributed by atoms with E-state index >= 15 is 0 Å². The van der Waals surface area contributed by atoms with Crippen LogP contribution in [0, 0.1) is 0 Å². The first kappa shape index (κ1) is 14.5. The summed E-state index contributed by atoms with van der Waals surface area (Å²) in [5.74, 6) is 1.48. The van der Waals surface area contributed by atoms with Crippen LogP contribution in [0.15, 0.2) is 36.7 Å². The number of hydrogen-bond donors (Lipinski definition) is 1. The molecule has 2 amide bonds. The van der Waals surface area contributed by atoms with E-state index in [1.165, 1.54) is 23.8 Å². The van der Waals surface area contributed by atoms with Crippen LogP contribution in [0.3, 0.4) is 0 Å². The van der Waals surface area contributed by atoms with Crippen molar-refractivity contribution in [1.82, 2.24) is 19.9 Å². The van der Waals surface area contributed by atoms with Gasteiger partial charge in [0.15, 0.2) is 5.82 Å². The Morgan fingerprint density at radius 1 is 1.24 bits per heavy atom. The van der Waals surface area contributed by atoms with E-state index in [9.17, 15) is 4.79 Å². The Labute approximate surface area is 145 Å². The van der Waals surface area contributed by atoms with Gasteiger partial charge in [-0.15, -0.1) is 0 Å². The molecule has 1 saturated carbocycles. The highest BCUT2D eigenvalue weighted by Gasteiger charge is 2.28. The molecule has 1 saturated heterocycles. The van der Waals surface area contributed by atoms with Gasteiger partial charge in [-0.2, -0.15) is 0 Å². The minimum atomic E-state index is -0.0398. The summed E-state index contributed by atoms with van der Waals surface area (Å²) >= 11 is 0. The highest BCUT2D eigenvalue weighted by atomic mass is 16.2. The van der Waals surface area contributed by atoms with Crippen LogP contribution in [-0.4, -0.2) is 33.7 Å². The zero-order valence-electron chi connectivity index (χ0n) is 14.1. The van der Waals surface area contributed by atoms with Crippen LogP contribution in [0.25, 0.3) is 22.4 Å². The molecule has 0 atom stereocenters. The molecule has 2 aliphatic rings. The van der Waals surface area contributed by atoms with Crippen molar-refractivity contribution in [2.45, 2.75) is 18.8 Å². The molecule has 6 nitrogen and oxygen atoms in total. The van der Waals surface area contributed by atoms with Crippen LogP contribution < -0.4 is 10.2 Å². The minimum absolute atomic E-state index is 0.0398. The van der Waals surface area contributed by atoms with Crippen molar-refractivity contribution in [3.05, 3.63) is 42.2 Å². The van der Waals surface area contributed by atoms with Gasteiger partial charge in [0, 0.05) is 43.6 Å². The fourth-order valence-corrected chi connectivity index (χ4v) is 3.59. The molecule has 3 heterocycles. The molecule has 3 aromatic rings. The molecule has 0 unspecified atom stereocenters. The average Bonchev–Trinajstić information content (AvgIpc) is 3.24. The monoisotopic (exact) mass is 333 g/mol. The fourth-order valence-electron chi connectivity index (χ4n) is 3.59. The van der Waals surface area contributed by atoms with Gasteiger partial charge in [0.2, 0.25) is 0 Å². The largest absolute Gasteiger partial charge is 0.336 e. The lowest BCUT2D eigenvalue weighted by atomic mass is 10.0. The first-order valence-corrected chi connectivity index (χ1v) is 8.68. The summed E-state index contributed by atoms with van der Waals surface area (Å²) in [7, 11) is 1.98. The second-order valence-corrected chi connectivity index (χ2v) is 6.82. The number of benzene rings is 1.